The summed E-state index contributed by atoms with van der Waals surface area (Å²) in [5, 5.41) is 14.5. The first-order valence-corrected chi connectivity index (χ1v) is 9.48. The maximum absolute atomic E-state index is 12.7. The summed E-state index contributed by atoms with van der Waals surface area (Å²) in [7, 11) is 0. The van der Waals surface area contributed by atoms with Crippen LogP contribution in [0, 0.1) is 0 Å². The molecular weight excluding hydrogens is 380 g/mol. The molecule has 4 rings (SSSR count). The Morgan fingerprint density at radius 1 is 0.933 bits per heavy atom. The first kappa shape index (κ1) is 19.1. The lowest BCUT2D eigenvalue weighted by Crippen LogP contribution is -2.32. The smallest absolute Gasteiger partial charge is 0.266 e. The highest BCUT2D eigenvalue weighted by molar-refractivity contribution is 6.00. The lowest BCUT2D eigenvalue weighted by atomic mass is 10.1. The van der Waals surface area contributed by atoms with Crippen LogP contribution in [0.3, 0.4) is 0 Å². The van der Waals surface area contributed by atoms with Gasteiger partial charge in [-0.15, -0.1) is 5.10 Å². The average Bonchev–Trinajstić information content (AvgIpc) is 3.31. The van der Waals surface area contributed by atoms with E-state index in [9.17, 15) is 9.59 Å². The van der Waals surface area contributed by atoms with E-state index in [-0.39, 0.29) is 24.6 Å². The van der Waals surface area contributed by atoms with E-state index in [1.807, 2.05) is 48.5 Å². The van der Waals surface area contributed by atoms with Gasteiger partial charge in [0.1, 0.15) is 0 Å². The van der Waals surface area contributed by atoms with Crippen molar-refractivity contribution in [1.29, 1.82) is 0 Å². The number of nitrogens with one attached hydrogen (secondary N) is 2. The number of hydrogen-bond acceptors (Lipinski definition) is 5. The minimum absolute atomic E-state index is 0.231. The van der Waals surface area contributed by atoms with Gasteiger partial charge in [0.2, 0.25) is 0 Å². The number of nitrogens with zero attached hydrogens (tertiary/aromatic N) is 4. The number of benzene rings is 2. The fraction of sp³-hybridized carbons (Fsp3) is 0.0909. The van der Waals surface area contributed by atoms with Crippen LogP contribution in [-0.4, -0.2) is 32.0 Å². The van der Waals surface area contributed by atoms with Crippen LogP contribution in [0.25, 0.3) is 5.82 Å². The van der Waals surface area contributed by atoms with Crippen LogP contribution in [-0.2, 0) is 6.54 Å². The van der Waals surface area contributed by atoms with Crippen molar-refractivity contribution in [2.75, 3.05) is 11.9 Å². The number of aromatic nitrogens is 4. The SMILES string of the molecule is O=C(NCCn1nc(-n2cccn2)ccc1=O)c1ccccc1Nc1ccccc1. The molecule has 2 aromatic carbocycles. The second-order valence-electron chi connectivity index (χ2n) is 6.50. The molecule has 8 nitrogen and oxygen atoms in total. The summed E-state index contributed by atoms with van der Waals surface area (Å²) in [6, 6.07) is 21.7. The third kappa shape index (κ3) is 4.44. The van der Waals surface area contributed by atoms with Crippen molar-refractivity contribution in [1.82, 2.24) is 24.9 Å². The summed E-state index contributed by atoms with van der Waals surface area (Å²) in [5.74, 6) is 0.300. The van der Waals surface area contributed by atoms with Crippen LogP contribution in [0.1, 0.15) is 10.4 Å². The highest BCUT2D eigenvalue weighted by Crippen LogP contribution is 2.20. The predicted molar refractivity (Wildman–Crippen MR) is 114 cm³/mol. The quantitative estimate of drug-likeness (QED) is 0.497. The topological polar surface area (TPSA) is 93.8 Å². The van der Waals surface area contributed by atoms with Gasteiger partial charge in [0, 0.05) is 30.7 Å². The molecule has 0 bridgehead atoms. The fourth-order valence-corrected chi connectivity index (χ4v) is 2.96. The second kappa shape index (κ2) is 8.87. The van der Waals surface area contributed by atoms with Crippen LogP contribution >= 0.6 is 0 Å². The van der Waals surface area contributed by atoms with Gasteiger partial charge in [-0.25, -0.2) is 9.36 Å². The molecule has 0 saturated carbocycles. The van der Waals surface area contributed by atoms with Gasteiger partial charge in [-0.05, 0) is 36.4 Å². The standard InChI is InChI=1S/C22H20N6O2/c29-21-12-11-20(27-15-6-13-24-27)26-28(21)16-14-23-22(30)18-9-4-5-10-19(18)25-17-7-2-1-3-8-17/h1-13,15,25H,14,16H2,(H,23,30). The number of carbonyl (C=O) groups is 1. The number of rotatable bonds is 7. The zero-order valence-corrected chi connectivity index (χ0v) is 16.1. The number of anilines is 2. The molecule has 0 radical (unpaired) electrons. The molecule has 0 unspecified atom stereocenters. The Labute approximate surface area is 172 Å². The molecule has 1 amide bonds. The van der Waals surface area contributed by atoms with Crippen molar-refractivity contribution in [2.45, 2.75) is 6.54 Å². The Kier molecular flexibility index (Phi) is 5.66. The lowest BCUT2D eigenvalue weighted by Gasteiger charge is -2.13. The van der Waals surface area contributed by atoms with Gasteiger partial charge in [-0.1, -0.05) is 30.3 Å². The van der Waals surface area contributed by atoms with E-state index in [1.165, 1.54) is 10.7 Å². The zero-order chi connectivity index (χ0) is 20.8. The summed E-state index contributed by atoms with van der Waals surface area (Å²) >= 11 is 0. The summed E-state index contributed by atoms with van der Waals surface area (Å²) in [6.07, 6.45) is 3.38. The Balaban J connectivity index is 1.43. The first-order valence-electron chi connectivity index (χ1n) is 9.48. The van der Waals surface area contributed by atoms with Crippen molar-refractivity contribution in [3.05, 3.63) is 101 Å². The van der Waals surface area contributed by atoms with Crippen LogP contribution in [0.4, 0.5) is 11.4 Å². The van der Waals surface area contributed by atoms with Gasteiger partial charge in [0.15, 0.2) is 5.82 Å². The zero-order valence-electron chi connectivity index (χ0n) is 16.1. The summed E-state index contributed by atoms with van der Waals surface area (Å²) in [5.41, 5.74) is 1.87. The summed E-state index contributed by atoms with van der Waals surface area (Å²) in [6.45, 7) is 0.502. The maximum Gasteiger partial charge on any atom is 0.266 e. The number of amides is 1. The Bertz CT molecular complexity index is 1190. The molecule has 2 aromatic heterocycles. The third-order valence-corrected chi connectivity index (χ3v) is 4.43. The average molecular weight is 400 g/mol. The minimum atomic E-state index is -0.244. The predicted octanol–water partition coefficient (Wildman–Crippen LogP) is 2.60. The highest BCUT2D eigenvalue weighted by atomic mass is 16.2. The van der Waals surface area contributed by atoms with E-state index in [2.05, 4.69) is 20.8 Å². The number of para-hydroxylation sites is 2. The highest BCUT2D eigenvalue weighted by Gasteiger charge is 2.11. The van der Waals surface area contributed by atoms with Gasteiger partial charge in [0.05, 0.1) is 17.8 Å². The van der Waals surface area contributed by atoms with Crippen LogP contribution in [0.5, 0.6) is 0 Å². The van der Waals surface area contributed by atoms with Crippen molar-refractivity contribution in [3.8, 4) is 5.82 Å². The van der Waals surface area contributed by atoms with Crippen LogP contribution in [0.2, 0.25) is 0 Å². The molecule has 4 aromatic rings. The molecular formula is C22H20N6O2. The molecule has 0 aliphatic carbocycles. The Morgan fingerprint density at radius 3 is 2.53 bits per heavy atom. The molecule has 8 heteroatoms. The molecule has 0 aliphatic rings. The van der Waals surface area contributed by atoms with Gasteiger partial charge < -0.3 is 10.6 Å². The van der Waals surface area contributed by atoms with Crippen molar-refractivity contribution < 1.29 is 4.79 Å². The monoisotopic (exact) mass is 400 g/mol. The van der Waals surface area contributed by atoms with E-state index in [1.54, 1.807) is 35.3 Å². The van der Waals surface area contributed by atoms with Gasteiger partial charge in [-0.2, -0.15) is 5.10 Å². The molecule has 2 N–H and O–H groups in total. The van der Waals surface area contributed by atoms with Crippen LogP contribution < -0.4 is 16.2 Å². The molecule has 2 heterocycles. The molecule has 0 saturated heterocycles. The van der Waals surface area contributed by atoms with Crippen molar-refractivity contribution in [3.63, 3.8) is 0 Å². The molecule has 150 valence electrons. The fourth-order valence-electron chi connectivity index (χ4n) is 2.96. The summed E-state index contributed by atoms with van der Waals surface area (Å²) in [4.78, 5) is 24.8. The lowest BCUT2D eigenvalue weighted by molar-refractivity contribution is 0.0952. The van der Waals surface area contributed by atoms with E-state index in [4.69, 9.17) is 0 Å². The summed E-state index contributed by atoms with van der Waals surface area (Å²) < 4.78 is 2.88. The Morgan fingerprint density at radius 2 is 1.73 bits per heavy atom. The minimum Gasteiger partial charge on any atom is -0.355 e. The molecule has 0 aliphatic heterocycles. The Hall–Kier alpha value is -4.20. The molecule has 0 atom stereocenters. The van der Waals surface area contributed by atoms with E-state index in [0.717, 1.165) is 5.69 Å². The first-order chi connectivity index (χ1) is 14.7. The van der Waals surface area contributed by atoms with Crippen molar-refractivity contribution in [2.24, 2.45) is 0 Å². The molecule has 30 heavy (non-hydrogen) atoms. The second-order valence-corrected chi connectivity index (χ2v) is 6.50. The largest absolute Gasteiger partial charge is 0.355 e. The van der Waals surface area contributed by atoms with Gasteiger partial charge in [0.25, 0.3) is 11.5 Å². The maximum atomic E-state index is 12.7. The molecule has 0 fully saturated rings. The van der Waals surface area contributed by atoms with Crippen molar-refractivity contribution >= 4 is 17.3 Å². The van der Waals surface area contributed by atoms with Gasteiger partial charge >= 0.3 is 0 Å². The third-order valence-electron chi connectivity index (χ3n) is 4.43. The van der Waals surface area contributed by atoms with Crippen LogP contribution in [0.15, 0.2) is 90.0 Å². The number of hydrogen-bond donors (Lipinski definition) is 2. The normalized spacial score (nSPS) is 10.5. The van der Waals surface area contributed by atoms with E-state index in [0.29, 0.717) is 17.1 Å². The van der Waals surface area contributed by atoms with E-state index < -0.39 is 0 Å². The number of carbonyl (C=O) groups excluding carboxylic acids is 1. The van der Waals surface area contributed by atoms with Gasteiger partial charge in [-0.3, -0.25) is 9.59 Å². The van der Waals surface area contributed by atoms with E-state index >= 15 is 0 Å². The molecule has 0 spiro atoms.